The number of hydrogen-bond acceptors (Lipinski definition) is 1. The van der Waals surface area contributed by atoms with Gasteiger partial charge in [-0.05, 0) is 24.2 Å². The van der Waals surface area contributed by atoms with Crippen LogP contribution >= 0.6 is 6.70 Å². The van der Waals surface area contributed by atoms with Gasteiger partial charge in [0.15, 0.2) is 0 Å². The predicted octanol–water partition coefficient (Wildman–Crippen LogP) is 2.97. The Balaban J connectivity index is 3.44. The van der Waals surface area contributed by atoms with Gasteiger partial charge in [0.05, 0.1) is 0 Å². The van der Waals surface area contributed by atoms with Crippen molar-refractivity contribution in [2.24, 2.45) is 11.8 Å². The van der Waals surface area contributed by atoms with Gasteiger partial charge in [-0.15, -0.1) is 11.8 Å². The Hall–Kier alpha value is 0.650. The molecule has 62 valence electrons. The van der Waals surface area contributed by atoms with Crippen LogP contribution in [0.2, 0.25) is 0 Å². The van der Waals surface area contributed by atoms with Gasteiger partial charge in [0.2, 0.25) is 0 Å². The van der Waals surface area contributed by atoms with E-state index in [1.54, 1.807) is 0 Å². The molecule has 0 aromatic rings. The van der Waals surface area contributed by atoms with Crippen molar-refractivity contribution in [1.29, 1.82) is 0 Å². The fourth-order valence-corrected chi connectivity index (χ4v) is 4.98. The monoisotopic (exact) mass is 178 g/mol. The summed E-state index contributed by atoms with van der Waals surface area (Å²) in [6.45, 7) is 8.64. The van der Waals surface area contributed by atoms with Crippen LogP contribution in [-0.2, 0) is 11.8 Å². The summed E-state index contributed by atoms with van der Waals surface area (Å²) in [4.78, 5) is 0. The molecule has 0 fully saturated rings. The second kappa shape index (κ2) is 5.32. The molecular weight excluding hydrogens is 159 g/mol. The summed E-state index contributed by atoms with van der Waals surface area (Å²) in [5.74, 6) is 1.62. The zero-order valence-corrected chi connectivity index (χ0v) is 9.29. The Kier molecular flexibility index (Phi) is 5.67. The van der Waals surface area contributed by atoms with E-state index in [1.165, 1.54) is 12.3 Å². The van der Waals surface area contributed by atoms with Crippen molar-refractivity contribution in [2.75, 3.05) is 12.3 Å². The molecule has 0 aliphatic rings. The summed E-state index contributed by atoms with van der Waals surface area (Å²) in [5, 5.41) is 0. The smallest absolute Gasteiger partial charge is 0.0237 e. The van der Waals surface area contributed by atoms with E-state index in [0.29, 0.717) is 0 Å². The topological polar surface area (TPSA) is 0 Å². The summed E-state index contributed by atoms with van der Waals surface area (Å²) in [5.41, 5.74) is 0. The molecule has 0 saturated carbocycles. The zero-order valence-electron chi connectivity index (χ0n) is 7.48. The average Bonchev–Trinajstić information content (AvgIpc) is 1.58. The first kappa shape index (κ1) is 10.7. The molecule has 0 unspecified atom stereocenters. The third-order valence-corrected chi connectivity index (χ3v) is 4.82. The summed E-state index contributed by atoms with van der Waals surface area (Å²) < 4.78 is 0. The molecule has 0 spiro atoms. The van der Waals surface area contributed by atoms with Crippen molar-refractivity contribution in [3.05, 3.63) is 0 Å². The first-order valence-corrected chi connectivity index (χ1v) is 7.08. The van der Waals surface area contributed by atoms with E-state index in [4.69, 9.17) is 11.8 Å². The van der Waals surface area contributed by atoms with Crippen LogP contribution in [0.5, 0.6) is 0 Å². The SMILES string of the molecule is CC(C)C[PH](=S)CC(C)C. The lowest BCUT2D eigenvalue weighted by atomic mass is 10.3. The van der Waals surface area contributed by atoms with Gasteiger partial charge in [0.1, 0.15) is 0 Å². The van der Waals surface area contributed by atoms with Crippen LogP contribution < -0.4 is 0 Å². The highest BCUT2D eigenvalue weighted by Gasteiger charge is 2.01. The van der Waals surface area contributed by atoms with Gasteiger partial charge in [-0.2, -0.15) is 0 Å². The molecule has 0 rings (SSSR count). The van der Waals surface area contributed by atoms with Gasteiger partial charge < -0.3 is 0 Å². The quantitative estimate of drug-likeness (QED) is 0.596. The zero-order chi connectivity index (χ0) is 8.15. The standard InChI is InChI=1S/C8H19PS/c1-7(2)5-9(10)6-8(3)4/h7-9H,5-6H2,1-4H3. The minimum Gasteiger partial charge on any atom is -0.101 e. The maximum atomic E-state index is 5.39. The molecule has 0 heterocycles. The van der Waals surface area contributed by atoms with Crippen LogP contribution in [0.1, 0.15) is 27.7 Å². The lowest BCUT2D eigenvalue weighted by Gasteiger charge is -2.09. The van der Waals surface area contributed by atoms with Gasteiger partial charge in [0, 0.05) is 0 Å². The molecule has 0 radical (unpaired) electrons. The molecule has 0 amide bonds. The van der Waals surface area contributed by atoms with Crippen LogP contribution in [-0.4, -0.2) is 12.3 Å². The molecule has 0 aromatic heterocycles. The molecule has 0 atom stereocenters. The van der Waals surface area contributed by atoms with Crippen molar-refractivity contribution in [2.45, 2.75) is 27.7 Å². The third-order valence-electron chi connectivity index (χ3n) is 1.27. The molecular formula is C8H19PS. The lowest BCUT2D eigenvalue weighted by molar-refractivity contribution is 0.724. The predicted molar refractivity (Wildman–Crippen MR) is 55.1 cm³/mol. The van der Waals surface area contributed by atoms with E-state index in [-0.39, 0.29) is 0 Å². The van der Waals surface area contributed by atoms with E-state index >= 15 is 0 Å². The molecule has 10 heavy (non-hydrogen) atoms. The van der Waals surface area contributed by atoms with Crippen LogP contribution in [0.4, 0.5) is 0 Å². The van der Waals surface area contributed by atoms with E-state index in [2.05, 4.69) is 27.7 Å². The van der Waals surface area contributed by atoms with E-state index < -0.39 is 6.70 Å². The van der Waals surface area contributed by atoms with Gasteiger partial charge in [-0.25, -0.2) is 0 Å². The Morgan fingerprint density at radius 1 is 1.00 bits per heavy atom. The average molecular weight is 178 g/mol. The van der Waals surface area contributed by atoms with Crippen LogP contribution in [0.3, 0.4) is 0 Å². The Labute approximate surface area is 70.8 Å². The number of rotatable bonds is 4. The maximum Gasteiger partial charge on any atom is -0.0237 e. The number of hydrogen-bond donors (Lipinski definition) is 0. The summed E-state index contributed by atoms with van der Waals surface area (Å²) >= 11 is 5.39. The van der Waals surface area contributed by atoms with Crippen molar-refractivity contribution in [3.63, 3.8) is 0 Å². The summed E-state index contributed by atoms with van der Waals surface area (Å²) in [6.07, 6.45) is 2.61. The first-order chi connectivity index (χ1) is 4.52. The minimum atomic E-state index is -0.405. The summed E-state index contributed by atoms with van der Waals surface area (Å²) in [7, 11) is 0. The molecule has 0 nitrogen and oxygen atoms in total. The van der Waals surface area contributed by atoms with Gasteiger partial charge >= 0.3 is 0 Å². The highest BCUT2D eigenvalue weighted by molar-refractivity contribution is 8.05. The highest BCUT2D eigenvalue weighted by atomic mass is 32.4. The van der Waals surface area contributed by atoms with Crippen LogP contribution in [0.25, 0.3) is 0 Å². The highest BCUT2D eigenvalue weighted by Crippen LogP contribution is 2.26. The molecule has 0 aliphatic carbocycles. The molecule has 0 bridgehead atoms. The normalized spacial score (nSPS) is 11.9. The summed E-state index contributed by atoms with van der Waals surface area (Å²) in [6, 6.07) is 0. The Morgan fingerprint density at radius 3 is 1.50 bits per heavy atom. The second-order valence-corrected chi connectivity index (χ2v) is 7.36. The molecule has 0 N–H and O–H groups in total. The molecule has 0 saturated heterocycles. The Bertz CT molecular complexity index is 95.8. The van der Waals surface area contributed by atoms with Crippen LogP contribution in [0, 0.1) is 11.8 Å². The molecule has 0 aromatic carbocycles. The van der Waals surface area contributed by atoms with Gasteiger partial charge in [-0.3, -0.25) is 0 Å². The van der Waals surface area contributed by atoms with Crippen LogP contribution in [0.15, 0.2) is 0 Å². The van der Waals surface area contributed by atoms with Crippen molar-refractivity contribution in [3.8, 4) is 0 Å². The third kappa shape index (κ3) is 6.77. The van der Waals surface area contributed by atoms with E-state index in [1.807, 2.05) is 0 Å². The van der Waals surface area contributed by atoms with Crippen molar-refractivity contribution >= 4 is 18.5 Å². The van der Waals surface area contributed by atoms with Crippen molar-refractivity contribution < 1.29 is 0 Å². The molecule has 0 aliphatic heterocycles. The maximum absolute atomic E-state index is 5.39. The van der Waals surface area contributed by atoms with Gasteiger partial charge in [0.25, 0.3) is 0 Å². The second-order valence-electron chi connectivity index (χ2n) is 3.73. The van der Waals surface area contributed by atoms with Gasteiger partial charge in [-0.1, -0.05) is 34.4 Å². The minimum absolute atomic E-state index is 0.405. The largest absolute Gasteiger partial charge is 0.101 e. The Morgan fingerprint density at radius 2 is 1.30 bits per heavy atom. The molecule has 2 heteroatoms. The lowest BCUT2D eigenvalue weighted by Crippen LogP contribution is -1.96. The fraction of sp³-hybridized carbons (Fsp3) is 1.00. The van der Waals surface area contributed by atoms with E-state index in [9.17, 15) is 0 Å². The first-order valence-electron chi connectivity index (χ1n) is 4.04. The van der Waals surface area contributed by atoms with Crippen molar-refractivity contribution in [1.82, 2.24) is 0 Å². The van der Waals surface area contributed by atoms with E-state index in [0.717, 1.165) is 11.8 Å². The fourth-order valence-electron chi connectivity index (χ4n) is 0.994.